The summed E-state index contributed by atoms with van der Waals surface area (Å²) in [7, 11) is 0. The van der Waals surface area contributed by atoms with Gasteiger partial charge in [0.25, 0.3) is 0 Å². The minimum absolute atomic E-state index is 0.0188. The molecule has 0 saturated carbocycles. The van der Waals surface area contributed by atoms with E-state index >= 15 is 0 Å². The van der Waals surface area contributed by atoms with Gasteiger partial charge < -0.3 is 10.3 Å². The highest BCUT2D eigenvalue weighted by atomic mass is 35.5. The van der Waals surface area contributed by atoms with Gasteiger partial charge in [0.2, 0.25) is 5.91 Å². The molecule has 0 aliphatic heterocycles. The van der Waals surface area contributed by atoms with E-state index in [1.807, 2.05) is 59.4 Å². The molecule has 27 heavy (non-hydrogen) atoms. The van der Waals surface area contributed by atoms with Gasteiger partial charge in [-0.05, 0) is 45.6 Å². The zero-order valence-corrected chi connectivity index (χ0v) is 16.2. The summed E-state index contributed by atoms with van der Waals surface area (Å²) in [6.07, 6.45) is 2.41. The minimum atomic E-state index is -0.0266. The summed E-state index contributed by atoms with van der Waals surface area (Å²) in [6.45, 7) is 0.495. The van der Waals surface area contributed by atoms with Crippen molar-refractivity contribution in [2.45, 2.75) is 12.3 Å². The second-order valence-electron chi connectivity index (χ2n) is 6.48. The molecule has 4 aromatic rings. The Morgan fingerprint density at radius 2 is 1.89 bits per heavy atom. The lowest BCUT2D eigenvalue weighted by Gasteiger charge is -2.19. The number of amides is 1. The van der Waals surface area contributed by atoms with Crippen LogP contribution in [0.15, 0.2) is 71.6 Å². The van der Waals surface area contributed by atoms with Crippen molar-refractivity contribution in [1.29, 1.82) is 0 Å². The molecule has 0 aliphatic rings. The number of H-pyrrole nitrogens is 1. The van der Waals surface area contributed by atoms with Crippen LogP contribution in [0.1, 0.15) is 22.6 Å². The summed E-state index contributed by atoms with van der Waals surface area (Å²) >= 11 is 8.10. The molecule has 1 atom stereocenters. The Balaban J connectivity index is 1.63. The maximum absolute atomic E-state index is 12.4. The van der Waals surface area contributed by atoms with Gasteiger partial charge in [-0.25, -0.2) is 0 Å². The summed E-state index contributed by atoms with van der Waals surface area (Å²) in [5, 5.41) is 8.94. The molecule has 2 aromatic carbocycles. The molecule has 0 fully saturated rings. The first kappa shape index (κ1) is 17.8. The molecule has 1 amide bonds. The molecule has 4 rings (SSSR count). The number of hydrogen-bond donors (Lipinski definition) is 2. The standard InChI is InChI=1S/C22H19ClN2OS/c23-20-7-3-1-5-16(20)18(13-25-22(26)11-15-9-10-27-14-15)19-12-24-21-8-4-2-6-17(19)21/h1-10,12,14,18,24H,11,13H2,(H,25,26)/t18-/m0/s1. The molecule has 0 aliphatic carbocycles. The molecule has 2 N–H and O–H groups in total. The van der Waals surface area contributed by atoms with E-state index in [1.165, 1.54) is 0 Å². The minimum Gasteiger partial charge on any atom is -0.361 e. The molecule has 0 bridgehead atoms. The van der Waals surface area contributed by atoms with Crippen LogP contribution in [0, 0.1) is 0 Å². The number of carbonyl (C=O) groups is 1. The number of benzene rings is 2. The summed E-state index contributed by atoms with van der Waals surface area (Å²) < 4.78 is 0. The van der Waals surface area contributed by atoms with Crippen LogP contribution in [0.5, 0.6) is 0 Å². The lowest BCUT2D eigenvalue weighted by atomic mass is 9.90. The fourth-order valence-corrected chi connectivity index (χ4v) is 4.32. The van der Waals surface area contributed by atoms with Gasteiger partial charge in [-0.2, -0.15) is 11.3 Å². The fraction of sp³-hybridized carbons (Fsp3) is 0.136. The van der Waals surface area contributed by atoms with Gasteiger partial charge in [0.1, 0.15) is 0 Å². The summed E-state index contributed by atoms with van der Waals surface area (Å²) in [5.41, 5.74) is 4.27. The van der Waals surface area contributed by atoms with Crippen molar-refractivity contribution in [3.05, 3.63) is 93.3 Å². The number of hydrogen-bond acceptors (Lipinski definition) is 2. The van der Waals surface area contributed by atoms with Crippen molar-refractivity contribution >= 4 is 39.7 Å². The first-order chi connectivity index (χ1) is 13.2. The number of nitrogens with one attached hydrogen (secondary N) is 2. The highest BCUT2D eigenvalue weighted by Gasteiger charge is 2.21. The van der Waals surface area contributed by atoms with Crippen molar-refractivity contribution in [3.8, 4) is 0 Å². The number of thiophene rings is 1. The van der Waals surface area contributed by atoms with E-state index in [0.717, 1.165) is 27.6 Å². The SMILES string of the molecule is O=C(Cc1ccsc1)NC[C@@H](c1ccccc1Cl)c1c[nH]c2ccccc12. The van der Waals surface area contributed by atoms with Crippen LogP contribution in [0.2, 0.25) is 5.02 Å². The Morgan fingerprint density at radius 1 is 1.07 bits per heavy atom. The largest absolute Gasteiger partial charge is 0.361 e. The van der Waals surface area contributed by atoms with Crippen molar-refractivity contribution in [3.63, 3.8) is 0 Å². The molecule has 0 unspecified atom stereocenters. The molecular formula is C22H19ClN2OS. The first-order valence-electron chi connectivity index (χ1n) is 8.80. The van der Waals surface area contributed by atoms with Crippen LogP contribution in [-0.4, -0.2) is 17.4 Å². The van der Waals surface area contributed by atoms with Crippen LogP contribution in [0.25, 0.3) is 10.9 Å². The predicted octanol–water partition coefficient (Wildman–Crippen LogP) is 5.37. The van der Waals surface area contributed by atoms with Crippen LogP contribution in [0.3, 0.4) is 0 Å². The Morgan fingerprint density at radius 3 is 2.70 bits per heavy atom. The van der Waals surface area contributed by atoms with Crippen LogP contribution < -0.4 is 5.32 Å². The smallest absolute Gasteiger partial charge is 0.224 e. The van der Waals surface area contributed by atoms with E-state index in [4.69, 9.17) is 11.6 Å². The maximum atomic E-state index is 12.4. The van der Waals surface area contributed by atoms with Crippen LogP contribution in [0.4, 0.5) is 0 Å². The van der Waals surface area contributed by atoms with Crippen molar-refractivity contribution in [2.75, 3.05) is 6.54 Å². The Hall–Kier alpha value is -2.56. The number of para-hydroxylation sites is 1. The topological polar surface area (TPSA) is 44.9 Å². The number of aromatic amines is 1. The van der Waals surface area contributed by atoms with Crippen molar-refractivity contribution < 1.29 is 4.79 Å². The Bertz CT molecular complexity index is 1060. The van der Waals surface area contributed by atoms with E-state index in [0.29, 0.717) is 18.0 Å². The predicted molar refractivity (Wildman–Crippen MR) is 113 cm³/mol. The molecular weight excluding hydrogens is 376 g/mol. The molecule has 0 spiro atoms. The first-order valence-corrected chi connectivity index (χ1v) is 10.1. The van der Waals surface area contributed by atoms with Crippen molar-refractivity contribution in [2.24, 2.45) is 0 Å². The summed E-state index contributed by atoms with van der Waals surface area (Å²) in [5.74, 6) is -0.00781. The van der Waals surface area contributed by atoms with E-state index in [2.05, 4.69) is 22.4 Å². The second kappa shape index (κ2) is 7.99. The molecule has 0 radical (unpaired) electrons. The number of carbonyl (C=O) groups excluding carboxylic acids is 1. The average molecular weight is 395 g/mol. The molecule has 5 heteroatoms. The van der Waals surface area contributed by atoms with E-state index in [1.54, 1.807) is 11.3 Å². The molecule has 136 valence electrons. The van der Waals surface area contributed by atoms with Gasteiger partial charge in [0.15, 0.2) is 0 Å². The molecule has 2 aromatic heterocycles. The van der Waals surface area contributed by atoms with Gasteiger partial charge in [-0.15, -0.1) is 0 Å². The zero-order chi connectivity index (χ0) is 18.6. The second-order valence-corrected chi connectivity index (χ2v) is 7.66. The maximum Gasteiger partial charge on any atom is 0.224 e. The monoisotopic (exact) mass is 394 g/mol. The van der Waals surface area contributed by atoms with Crippen LogP contribution in [-0.2, 0) is 11.2 Å². The van der Waals surface area contributed by atoms with Gasteiger partial charge in [0, 0.05) is 34.6 Å². The quantitative estimate of drug-likeness (QED) is 0.453. The number of halogens is 1. The van der Waals surface area contributed by atoms with E-state index < -0.39 is 0 Å². The third-order valence-electron chi connectivity index (χ3n) is 4.73. The Kier molecular flexibility index (Phi) is 5.28. The van der Waals surface area contributed by atoms with E-state index in [-0.39, 0.29) is 11.8 Å². The third kappa shape index (κ3) is 3.92. The lowest BCUT2D eigenvalue weighted by Crippen LogP contribution is -2.30. The summed E-state index contributed by atoms with van der Waals surface area (Å²) in [4.78, 5) is 15.7. The zero-order valence-electron chi connectivity index (χ0n) is 14.6. The molecule has 2 heterocycles. The van der Waals surface area contributed by atoms with Gasteiger partial charge in [0.05, 0.1) is 6.42 Å². The Labute approximate surface area is 167 Å². The number of fused-ring (bicyclic) bond motifs is 1. The third-order valence-corrected chi connectivity index (χ3v) is 5.80. The number of aromatic nitrogens is 1. The van der Waals surface area contributed by atoms with Crippen LogP contribution >= 0.6 is 22.9 Å². The summed E-state index contributed by atoms with van der Waals surface area (Å²) in [6, 6.07) is 18.0. The van der Waals surface area contributed by atoms with Crippen molar-refractivity contribution in [1.82, 2.24) is 10.3 Å². The van der Waals surface area contributed by atoms with Gasteiger partial charge in [-0.1, -0.05) is 48.0 Å². The molecule has 3 nitrogen and oxygen atoms in total. The lowest BCUT2D eigenvalue weighted by molar-refractivity contribution is -0.120. The average Bonchev–Trinajstić information content (AvgIpc) is 3.33. The van der Waals surface area contributed by atoms with Gasteiger partial charge >= 0.3 is 0 Å². The number of rotatable bonds is 6. The highest BCUT2D eigenvalue weighted by molar-refractivity contribution is 7.08. The van der Waals surface area contributed by atoms with Gasteiger partial charge in [-0.3, -0.25) is 4.79 Å². The fourth-order valence-electron chi connectivity index (χ4n) is 3.38. The highest BCUT2D eigenvalue weighted by Crippen LogP contribution is 2.34. The normalized spacial score (nSPS) is 12.2. The molecule has 0 saturated heterocycles. The van der Waals surface area contributed by atoms with E-state index in [9.17, 15) is 4.79 Å².